The Morgan fingerprint density at radius 3 is 1.57 bits per heavy atom. The summed E-state index contributed by atoms with van der Waals surface area (Å²) < 4.78 is 11.4. The van der Waals surface area contributed by atoms with Crippen LogP contribution < -0.4 is 0 Å². The van der Waals surface area contributed by atoms with Crippen molar-refractivity contribution in [1.29, 1.82) is 0 Å². The SMILES string of the molecule is C1=C\CC/C=C\CC/1.COCCN1CCN(CCOC)[C]1=[Rh][Cl]. The number of ether oxygens (including phenoxy) is 2. The standard InChI is InChI=1S/C9H18N2O2.C8H12.ClH.Rh/c1-12-7-5-10-3-4-11(9-10)6-8-13-2;1-2-4-6-8-7-5-3-1;;/h3-8H2,1-2H3;1-2,7-8H,3-6H2;1H;/q;;;+1/p-1/b;2-1-,8-7-;;. The van der Waals surface area contributed by atoms with Crippen molar-refractivity contribution < 1.29 is 25.2 Å². The van der Waals surface area contributed by atoms with E-state index in [0.29, 0.717) is 0 Å². The predicted octanol–water partition coefficient (Wildman–Crippen LogP) is 2.89. The first-order chi connectivity index (χ1) is 11.3. The van der Waals surface area contributed by atoms with Gasteiger partial charge < -0.3 is 0 Å². The number of allylic oxidation sites excluding steroid dienone is 4. The molecule has 2 rings (SSSR count). The van der Waals surface area contributed by atoms with E-state index < -0.39 is 0 Å². The molecule has 23 heavy (non-hydrogen) atoms. The molecule has 1 aliphatic heterocycles. The first-order valence-electron chi connectivity index (χ1n) is 8.20. The third-order valence-corrected chi connectivity index (χ3v) is 5.63. The molecular formula is C17H30ClN2O2Rh. The Kier molecular flexibility index (Phi) is 13.3. The molecule has 1 saturated heterocycles. The Morgan fingerprint density at radius 2 is 1.26 bits per heavy atom. The van der Waals surface area contributed by atoms with Crippen LogP contribution in [0.1, 0.15) is 25.7 Å². The molecule has 1 aliphatic carbocycles. The van der Waals surface area contributed by atoms with Crippen LogP contribution in [0.5, 0.6) is 0 Å². The van der Waals surface area contributed by atoms with Crippen LogP contribution in [0.25, 0.3) is 0 Å². The van der Waals surface area contributed by atoms with Crippen LogP contribution in [-0.2, 0) is 25.2 Å². The molecule has 0 amide bonds. The quantitative estimate of drug-likeness (QED) is 0.476. The zero-order chi connectivity index (χ0) is 16.8. The minimum atomic E-state index is -0.0387. The van der Waals surface area contributed by atoms with Gasteiger partial charge in [-0.05, 0) is 25.7 Å². The molecule has 0 saturated carbocycles. The fourth-order valence-corrected chi connectivity index (χ4v) is 4.42. The van der Waals surface area contributed by atoms with Crippen molar-refractivity contribution >= 4 is 14.0 Å². The van der Waals surface area contributed by atoms with E-state index in [-0.39, 0.29) is 15.7 Å². The van der Waals surface area contributed by atoms with Crippen molar-refractivity contribution in [2.75, 3.05) is 53.6 Å². The van der Waals surface area contributed by atoms with Crippen LogP contribution in [-0.4, -0.2) is 67.8 Å². The number of hydrogen-bond donors (Lipinski definition) is 0. The minimum absolute atomic E-state index is 0.0387. The van der Waals surface area contributed by atoms with Gasteiger partial charge in [-0.2, -0.15) is 0 Å². The number of methoxy groups -OCH3 is 2. The maximum atomic E-state index is 6.02. The summed E-state index contributed by atoms with van der Waals surface area (Å²) >= 11 is -0.0387. The molecule has 136 valence electrons. The molecule has 1 fully saturated rings. The van der Waals surface area contributed by atoms with E-state index in [4.69, 9.17) is 19.2 Å². The van der Waals surface area contributed by atoms with Gasteiger partial charge in [-0.1, -0.05) is 24.3 Å². The Hall–Kier alpha value is 0.103. The van der Waals surface area contributed by atoms with Crippen LogP contribution in [0.3, 0.4) is 0 Å². The molecule has 0 spiro atoms. The second-order valence-corrected chi connectivity index (χ2v) is 7.16. The van der Waals surface area contributed by atoms with Crippen molar-refractivity contribution in [2.24, 2.45) is 0 Å². The topological polar surface area (TPSA) is 24.9 Å². The Labute approximate surface area is 152 Å². The van der Waals surface area contributed by atoms with Gasteiger partial charge in [0.2, 0.25) is 0 Å². The first-order valence-corrected chi connectivity index (χ1v) is 11.1. The van der Waals surface area contributed by atoms with Crippen LogP contribution in [0, 0.1) is 0 Å². The zero-order valence-corrected chi connectivity index (χ0v) is 16.7. The summed E-state index contributed by atoms with van der Waals surface area (Å²) in [6, 6.07) is 0. The molecule has 1 heterocycles. The zero-order valence-electron chi connectivity index (χ0n) is 14.3. The van der Waals surface area contributed by atoms with E-state index in [1.807, 2.05) is 0 Å². The van der Waals surface area contributed by atoms with Crippen LogP contribution in [0.4, 0.5) is 0 Å². The van der Waals surface area contributed by atoms with Gasteiger partial charge in [0.1, 0.15) is 0 Å². The van der Waals surface area contributed by atoms with Gasteiger partial charge >= 0.3 is 103 Å². The molecule has 0 aromatic rings. The van der Waals surface area contributed by atoms with Gasteiger partial charge in [0.25, 0.3) is 0 Å². The number of nitrogens with zero attached hydrogens (tertiary/aromatic N) is 2. The fraction of sp³-hybridized carbons (Fsp3) is 0.706. The summed E-state index contributed by atoms with van der Waals surface area (Å²) in [7, 11) is 9.48. The van der Waals surface area contributed by atoms with E-state index >= 15 is 0 Å². The molecule has 0 bridgehead atoms. The number of rotatable bonds is 6. The van der Waals surface area contributed by atoms with Gasteiger partial charge in [0.15, 0.2) is 0 Å². The van der Waals surface area contributed by atoms with Crippen LogP contribution in [0.15, 0.2) is 24.3 Å². The summed E-state index contributed by atoms with van der Waals surface area (Å²) in [5.41, 5.74) is 0. The number of halogens is 1. The average molecular weight is 433 g/mol. The molecule has 0 aromatic carbocycles. The number of hydrogen-bond acceptors (Lipinski definition) is 4. The molecule has 6 heteroatoms. The molecule has 2 aliphatic rings. The Bertz CT molecular complexity index is 345. The maximum absolute atomic E-state index is 6.02. The Balaban J connectivity index is 0.000000277. The molecule has 0 radical (unpaired) electrons. The second-order valence-electron chi connectivity index (χ2n) is 5.37. The molecule has 0 N–H and O–H groups in total. The first kappa shape index (κ1) is 21.1. The van der Waals surface area contributed by atoms with E-state index in [9.17, 15) is 0 Å². The fourth-order valence-electron chi connectivity index (χ4n) is 2.35. The van der Waals surface area contributed by atoms with E-state index in [1.165, 1.54) is 30.0 Å². The second kappa shape index (κ2) is 14.4. The van der Waals surface area contributed by atoms with E-state index in [2.05, 4.69) is 34.1 Å². The predicted molar refractivity (Wildman–Crippen MR) is 94.5 cm³/mol. The summed E-state index contributed by atoms with van der Waals surface area (Å²) in [6.45, 7) is 5.50. The summed E-state index contributed by atoms with van der Waals surface area (Å²) in [6.07, 6.45) is 14.0. The van der Waals surface area contributed by atoms with Crippen molar-refractivity contribution in [3.05, 3.63) is 24.3 Å². The van der Waals surface area contributed by atoms with Gasteiger partial charge in [-0.3, -0.25) is 0 Å². The van der Waals surface area contributed by atoms with Crippen LogP contribution >= 0.6 is 9.69 Å². The Morgan fingerprint density at radius 1 is 0.870 bits per heavy atom. The third-order valence-electron chi connectivity index (χ3n) is 3.65. The summed E-state index contributed by atoms with van der Waals surface area (Å²) in [4.78, 5) is 4.63. The molecule has 0 unspecified atom stereocenters. The molecule has 0 aromatic heterocycles. The van der Waals surface area contributed by atoms with Crippen LogP contribution in [0.2, 0.25) is 0 Å². The third kappa shape index (κ3) is 9.23. The summed E-state index contributed by atoms with van der Waals surface area (Å²) in [5, 5.41) is 0. The molecule has 4 nitrogen and oxygen atoms in total. The van der Waals surface area contributed by atoms with Gasteiger partial charge in [-0.15, -0.1) is 0 Å². The summed E-state index contributed by atoms with van der Waals surface area (Å²) in [5.74, 6) is 0. The van der Waals surface area contributed by atoms with Gasteiger partial charge in [0, 0.05) is 0 Å². The van der Waals surface area contributed by atoms with Crippen molar-refractivity contribution in [2.45, 2.75) is 25.7 Å². The van der Waals surface area contributed by atoms with Gasteiger partial charge in [-0.25, -0.2) is 0 Å². The average Bonchev–Trinajstić information content (AvgIpc) is 2.92. The van der Waals surface area contributed by atoms with Crippen molar-refractivity contribution in [3.63, 3.8) is 0 Å². The van der Waals surface area contributed by atoms with E-state index in [0.717, 1.165) is 39.4 Å². The molecular weight excluding hydrogens is 403 g/mol. The van der Waals surface area contributed by atoms with Crippen molar-refractivity contribution in [3.8, 4) is 0 Å². The normalized spacial score (nSPS) is 22.3. The monoisotopic (exact) mass is 432 g/mol. The van der Waals surface area contributed by atoms with Gasteiger partial charge in [0.05, 0.1) is 0 Å². The van der Waals surface area contributed by atoms with E-state index in [1.54, 1.807) is 14.2 Å². The molecule has 0 atom stereocenters. The van der Waals surface area contributed by atoms with Crippen molar-refractivity contribution in [1.82, 2.24) is 9.80 Å².